The van der Waals surface area contributed by atoms with Gasteiger partial charge in [0, 0.05) is 25.0 Å². The standard InChI is InChI=1S/C17H17N3O3.ClH/c1-12(21)19-10-16-11-20(17(22)23-16)15-4-2-13(3-5-15)14-6-8-18-9-7-14;/h2-9,16H,10-11H2,1H3,(H,19,21);1H. The Balaban J connectivity index is 0.00000208. The fourth-order valence-corrected chi connectivity index (χ4v) is 2.47. The summed E-state index contributed by atoms with van der Waals surface area (Å²) in [7, 11) is 0. The number of hydrogen-bond acceptors (Lipinski definition) is 4. The van der Waals surface area contributed by atoms with Crippen LogP contribution in [0, 0.1) is 0 Å². The lowest BCUT2D eigenvalue weighted by Crippen LogP contribution is -2.33. The Labute approximate surface area is 146 Å². The van der Waals surface area contributed by atoms with E-state index in [1.54, 1.807) is 17.3 Å². The number of ether oxygens (including phenoxy) is 1. The van der Waals surface area contributed by atoms with Crippen molar-refractivity contribution in [3.63, 3.8) is 0 Å². The summed E-state index contributed by atoms with van der Waals surface area (Å²) in [6, 6.07) is 11.6. The summed E-state index contributed by atoms with van der Waals surface area (Å²) in [5.41, 5.74) is 2.90. The van der Waals surface area contributed by atoms with Gasteiger partial charge in [-0.3, -0.25) is 14.7 Å². The Morgan fingerprint density at radius 3 is 2.46 bits per heavy atom. The quantitative estimate of drug-likeness (QED) is 0.922. The van der Waals surface area contributed by atoms with Gasteiger partial charge in [0.15, 0.2) is 0 Å². The molecule has 1 aliphatic rings. The Morgan fingerprint density at radius 1 is 1.21 bits per heavy atom. The van der Waals surface area contributed by atoms with E-state index in [9.17, 15) is 9.59 Å². The van der Waals surface area contributed by atoms with Crippen LogP contribution in [0.25, 0.3) is 11.1 Å². The van der Waals surface area contributed by atoms with Gasteiger partial charge in [0.1, 0.15) is 6.10 Å². The summed E-state index contributed by atoms with van der Waals surface area (Å²) in [6.07, 6.45) is 2.77. The van der Waals surface area contributed by atoms with Crippen molar-refractivity contribution in [2.75, 3.05) is 18.0 Å². The van der Waals surface area contributed by atoms with Crippen LogP contribution >= 0.6 is 12.4 Å². The smallest absolute Gasteiger partial charge is 0.414 e. The van der Waals surface area contributed by atoms with Gasteiger partial charge in [-0.25, -0.2) is 4.79 Å². The first-order valence-corrected chi connectivity index (χ1v) is 7.36. The molecule has 0 aliphatic carbocycles. The second kappa shape index (κ2) is 7.79. The van der Waals surface area contributed by atoms with E-state index in [0.29, 0.717) is 13.1 Å². The van der Waals surface area contributed by atoms with Crippen molar-refractivity contribution in [1.82, 2.24) is 10.3 Å². The first-order valence-electron chi connectivity index (χ1n) is 7.36. The van der Waals surface area contributed by atoms with E-state index in [0.717, 1.165) is 16.8 Å². The third-order valence-corrected chi connectivity index (χ3v) is 3.65. The van der Waals surface area contributed by atoms with Crippen LogP contribution < -0.4 is 10.2 Å². The highest BCUT2D eigenvalue weighted by molar-refractivity contribution is 5.90. The minimum atomic E-state index is -0.392. The number of hydrogen-bond donors (Lipinski definition) is 1. The molecule has 1 unspecified atom stereocenters. The van der Waals surface area contributed by atoms with Crippen LogP contribution in [-0.2, 0) is 9.53 Å². The highest BCUT2D eigenvalue weighted by Crippen LogP contribution is 2.25. The lowest BCUT2D eigenvalue weighted by Gasteiger charge is -2.13. The SMILES string of the molecule is CC(=O)NCC1CN(c2ccc(-c3ccncc3)cc2)C(=O)O1.Cl. The monoisotopic (exact) mass is 347 g/mol. The van der Waals surface area contributed by atoms with Crippen molar-refractivity contribution in [3.8, 4) is 11.1 Å². The van der Waals surface area contributed by atoms with Crippen LogP contribution in [-0.4, -0.2) is 36.2 Å². The summed E-state index contributed by atoms with van der Waals surface area (Å²) in [6.45, 7) is 2.19. The number of nitrogens with one attached hydrogen (secondary N) is 1. The maximum absolute atomic E-state index is 12.0. The molecule has 1 aliphatic heterocycles. The van der Waals surface area contributed by atoms with Gasteiger partial charge in [-0.2, -0.15) is 0 Å². The fourth-order valence-electron chi connectivity index (χ4n) is 2.47. The molecule has 1 saturated heterocycles. The molecule has 3 rings (SSSR count). The zero-order valence-corrected chi connectivity index (χ0v) is 14.0. The molecule has 1 atom stereocenters. The van der Waals surface area contributed by atoms with E-state index in [1.807, 2.05) is 36.4 Å². The number of anilines is 1. The van der Waals surface area contributed by atoms with Gasteiger partial charge in [-0.15, -0.1) is 12.4 Å². The average molecular weight is 348 g/mol. The number of rotatable bonds is 4. The number of cyclic esters (lactones) is 1. The second-order valence-electron chi connectivity index (χ2n) is 5.34. The third-order valence-electron chi connectivity index (χ3n) is 3.65. The molecule has 126 valence electrons. The fraction of sp³-hybridized carbons (Fsp3) is 0.235. The average Bonchev–Trinajstić information content (AvgIpc) is 2.95. The molecule has 0 saturated carbocycles. The zero-order chi connectivity index (χ0) is 16.2. The van der Waals surface area contributed by atoms with Crippen molar-refractivity contribution in [2.24, 2.45) is 0 Å². The molecule has 24 heavy (non-hydrogen) atoms. The minimum Gasteiger partial charge on any atom is -0.442 e. The van der Waals surface area contributed by atoms with Crippen LogP contribution in [0.15, 0.2) is 48.8 Å². The molecule has 0 radical (unpaired) electrons. The molecule has 1 aromatic heterocycles. The number of pyridine rings is 1. The van der Waals surface area contributed by atoms with E-state index in [1.165, 1.54) is 6.92 Å². The number of carbonyl (C=O) groups excluding carboxylic acids is 2. The van der Waals surface area contributed by atoms with Crippen LogP contribution in [0.1, 0.15) is 6.92 Å². The normalized spacial score (nSPS) is 16.3. The molecule has 2 aromatic rings. The number of benzene rings is 1. The highest BCUT2D eigenvalue weighted by atomic mass is 35.5. The van der Waals surface area contributed by atoms with Crippen molar-refractivity contribution in [3.05, 3.63) is 48.8 Å². The summed E-state index contributed by atoms with van der Waals surface area (Å²) in [5.74, 6) is -0.138. The van der Waals surface area contributed by atoms with Gasteiger partial charge >= 0.3 is 6.09 Å². The number of halogens is 1. The van der Waals surface area contributed by atoms with Crippen molar-refractivity contribution >= 4 is 30.1 Å². The molecule has 6 nitrogen and oxygen atoms in total. The molecule has 7 heteroatoms. The zero-order valence-electron chi connectivity index (χ0n) is 13.1. The van der Waals surface area contributed by atoms with Gasteiger partial charge in [0.05, 0.1) is 13.1 Å². The van der Waals surface area contributed by atoms with Crippen LogP contribution in [0.2, 0.25) is 0 Å². The van der Waals surface area contributed by atoms with Crippen LogP contribution in [0.3, 0.4) is 0 Å². The number of carbonyl (C=O) groups is 2. The molecule has 0 spiro atoms. The molecule has 2 amide bonds. The lowest BCUT2D eigenvalue weighted by molar-refractivity contribution is -0.119. The van der Waals surface area contributed by atoms with Gasteiger partial charge in [-0.05, 0) is 35.4 Å². The second-order valence-corrected chi connectivity index (χ2v) is 5.34. The van der Waals surface area contributed by atoms with Gasteiger partial charge in [0.25, 0.3) is 0 Å². The minimum absolute atomic E-state index is 0. The van der Waals surface area contributed by atoms with E-state index < -0.39 is 6.09 Å². The van der Waals surface area contributed by atoms with Gasteiger partial charge < -0.3 is 10.1 Å². The number of nitrogens with zero attached hydrogens (tertiary/aromatic N) is 2. The highest BCUT2D eigenvalue weighted by Gasteiger charge is 2.32. The first kappa shape index (κ1) is 17.7. The van der Waals surface area contributed by atoms with Gasteiger partial charge in [-0.1, -0.05) is 12.1 Å². The molecular formula is C17H18ClN3O3. The predicted molar refractivity (Wildman–Crippen MR) is 93.2 cm³/mol. The summed E-state index contributed by atoms with van der Waals surface area (Å²) >= 11 is 0. The molecule has 1 fully saturated rings. The number of aromatic nitrogens is 1. The Kier molecular flexibility index (Phi) is 5.76. The first-order chi connectivity index (χ1) is 11.1. The van der Waals surface area contributed by atoms with E-state index in [4.69, 9.17) is 4.74 Å². The summed E-state index contributed by atoms with van der Waals surface area (Å²) in [4.78, 5) is 28.5. The summed E-state index contributed by atoms with van der Waals surface area (Å²) in [5, 5.41) is 2.66. The maximum atomic E-state index is 12.0. The third kappa shape index (κ3) is 4.02. The molecule has 0 bridgehead atoms. The van der Waals surface area contributed by atoms with Gasteiger partial charge in [0.2, 0.25) is 5.91 Å². The lowest BCUT2D eigenvalue weighted by atomic mass is 10.1. The Bertz CT molecular complexity index is 707. The molecule has 1 aromatic carbocycles. The van der Waals surface area contributed by atoms with E-state index in [-0.39, 0.29) is 24.4 Å². The molecular weight excluding hydrogens is 330 g/mol. The topological polar surface area (TPSA) is 71.5 Å². The van der Waals surface area contributed by atoms with Crippen molar-refractivity contribution < 1.29 is 14.3 Å². The van der Waals surface area contributed by atoms with Crippen LogP contribution in [0.4, 0.5) is 10.5 Å². The van der Waals surface area contributed by atoms with Crippen molar-refractivity contribution in [1.29, 1.82) is 0 Å². The Morgan fingerprint density at radius 2 is 1.83 bits per heavy atom. The predicted octanol–water partition coefficient (Wildman–Crippen LogP) is 2.63. The maximum Gasteiger partial charge on any atom is 0.414 e. The van der Waals surface area contributed by atoms with E-state index in [2.05, 4.69) is 10.3 Å². The number of amides is 2. The largest absolute Gasteiger partial charge is 0.442 e. The van der Waals surface area contributed by atoms with Crippen molar-refractivity contribution in [2.45, 2.75) is 13.0 Å². The van der Waals surface area contributed by atoms with E-state index >= 15 is 0 Å². The molecule has 2 heterocycles. The molecule has 1 N–H and O–H groups in total. The Hall–Kier alpha value is -2.60. The summed E-state index contributed by atoms with van der Waals surface area (Å²) < 4.78 is 5.26. The van der Waals surface area contributed by atoms with Crippen LogP contribution in [0.5, 0.6) is 0 Å².